The van der Waals surface area contributed by atoms with Crippen molar-refractivity contribution in [3.05, 3.63) is 0 Å². The van der Waals surface area contributed by atoms with E-state index in [4.69, 9.17) is 11.6 Å². The third-order valence-electron chi connectivity index (χ3n) is 2.78. The minimum atomic E-state index is -1.32. The van der Waals surface area contributed by atoms with Crippen LogP contribution in [-0.2, 0) is 0 Å². The summed E-state index contributed by atoms with van der Waals surface area (Å²) in [5.41, 5.74) is 3.41. The maximum Gasteiger partial charge on any atom is 0.139 e. The molecule has 0 N–H and O–H groups in total. The molecule has 2 heteroatoms. The van der Waals surface area contributed by atoms with Crippen LogP contribution in [0.1, 0.15) is 34.6 Å². The second-order valence-corrected chi connectivity index (χ2v) is 10.2. The maximum absolute atomic E-state index is 5.95. The molecule has 0 aromatic carbocycles. The monoisotopic (exact) mass is 240 g/mol. The van der Waals surface area contributed by atoms with Gasteiger partial charge in [0.1, 0.15) is 12.9 Å². The molecule has 0 aliphatic heterocycles. The van der Waals surface area contributed by atoms with Gasteiger partial charge in [-0.05, 0) is 43.8 Å². The lowest BCUT2D eigenvalue weighted by Crippen LogP contribution is -2.29. The molecule has 0 radical (unpaired) electrons. The van der Waals surface area contributed by atoms with Crippen LogP contribution in [0.5, 0.6) is 0 Å². The molecule has 0 nitrogen and oxygen atoms in total. The highest BCUT2D eigenvalue weighted by molar-refractivity contribution is 6.87. The number of hydrogen-bond acceptors (Lipinski definition) is 0. The Morgan fingerprint density at radius 3 is 1.80 bits per heavy atom. The predicted molar refractivity (Wildman–Crippen MR) is 72.7 cm³/mol. The van der Waals surface area contributed by atoms with Gasteiger partial charge in [0.25, 0.3) is 0 Å². The molecular formula is C13H21ClSi. The molecule has 0 aromatic heterocycles. The van der Waals surface area contributed by atoms with E-state index in [1.54, 1.807) is 0 Å². The van der Waals surface area contributed by atoms with Crippen LogP contribution in [0.25, 0.3) is 0 Å². The Hall–Kier alpha value is -0.373. The Kier molecular flexibility index (Phi) is 6.11. The topological polar surface area (TPSA) is 0 Å². The summed E-state index contributed by atoms with van der Waals surface area (Å²) in [6, 6.07) is 3.66. The van der Waals surface area contributed by atoms with Crippen LogP contribution < -0.4 is 0 Å². The van der Waals surface area contributed by atoms with Crippen LogP contribution >= 0.6 is 11.6 Å². The summed E-state index contributed by atoms with van der Waals surface area (Å²) in [5.74, 6) is 8.81. The highest BCUT2D eigenvalue weighted by atomic mass is 35.5. The molecule has 0 spiro atoms. The minimum absolute atomic E-state index is 0.455. The Balaban J connectivity index is 4.68. The third kappa shape index (κ3) is 5.93. The predicted octanol–water partition coefficient (Wildman–Crippen LogP) is 4.06. The van der Waals surface area contributed by atoms with Crippen molar-refractivity contribution in [2.75, 3.05) is 0 Å². The van der Waals surface area contributed by atoms with Crippen molar-refractivity contribution in [2.45, 2.75) is 57.6 Å². The molecule has 84 valence electrons. The lowest BCUT2D eigenvalue weighted by Gasteiger charge is -2.19. The van der Waals surface area contributed by atoms with Crippen molar-refractivity contribution >= 4 is 19.7 Å². The van der Waals surface area contributed by atoms with Crippen LogP contribution in [0.15, 0.2) is 0 Å². The van der Waals surface area contributed by atoms with Gasteiger partial charge in [-0.3, -0.25) is 0 Å². The average Bonchev–Trinajstić information content (AvgIpc) is 2.18. The van der Waals surface area contributed by atoms with Gasteiger partial charge in [-0.15, -0.1) is 17.1 Å². The molecule has 0 amide bonds. The fraction of sp³-hybridized carbons (Fsp3) is 0.692. The normalized spacial score (nSPS) is 11.1. The van der Waals surface area contributed by atoms with E-state index < -0.39 is 12.9 Å². The Labute approximate surface area is 101 Å². The van der Waals surface area contributed by atoms with E-state index in [9.17, 15) is 0 Å². The van der Waals surface area contributed by atoms with Gasteiger partial charge < -0.3 is 0 Å². The van der Waals surface area contributed by atoms with Crippen LogP contribution in [0, 0.1) is 23.3 Å². The van der Waals surface area contributed by atoms with E-state index in [2.05, 4.69) is 44.1 Å². The van der Waals surface area contributed by atoms with Gasteiger partial charge in [-0.1, -0.05) is 26.7 Å². The number of alkyl halides is 1. The van der Waals surface area contributed by atoms with E-state index in [0.29, 0.717) is 0 Å². The molecule has 0 saturated carbocycles. The molecule has 0 fully saturated rings. The van der Waals surface area contributed by atoms with Crippen molar-refractivity contribution < 1.29 is 0 Å². The summed E-state index contributed by atoms with van der Waals surface area (Å²) in [6.07, 6.45) is 0. The average molecular weight is 241 g/mol. The summed E-state index contributed by atoms with van der Waals surface area (Å²) in [5, 5.41) is 0. The van der Waals surface area contributed by atoms with Crippen LogP contribution in [0.4, 0.5) is 0 Å². The van der Waals surface area contributed by atoms with Crippen molar-refractivity contribution in [3.8, 4) is 23.3 Å². The number of hydrogen-bond donors (Lipinski definition) is 0. The zero-order valence-electron chi connectivity index (χ0n) is 10.5. The van der Waals surface area contributed by atoms with Gasteiger partial charge in [0, 0.05) is 0 Å². The first-order valence-electron chi connectivity index (χ1n) is 5.62. The quantitative estimate of drug-likeness (QED) is 0.397. The molecule has 0 unspecified atom stereocenters. The lowest BCUT2D eigenvalue weighted by molar-refractivity contribution is 0.918. The standard InChI is InChI=1S/C13H21ClSi/c1-6-15(7-2,8-3)12-10-9-11-13(4,5)14/h6-8H2,1-5H3. The summed E-state index contributed by atoms with van der Waals surface area (Å²) >= 11 is 5.95. The van der Waals surface area contributed by atoms with E-state index in [1.165, 1.54) is 18.1 Å². The van der Waals surface area contributed by atoms with Crippen molar-refractivity contribution in [1.82, 2.24) is 0 Å². The van der Waals surface area contributed by atoms with Crippen molar-refractivity contribution in [3.63, 3.8) is 0 Å². The van der Waals surface area contributed by atoms with Crippen LogP contribution in [0.3, 0.4) is 0 Å². The maximum atomic E-state index is 5.95. The second-order valence-electron chi connectivity index (χ2n) is 4.31. The van der Waals surface area contributed by atoms with Gasteiger partial charge in [0.15, 0.2) is 0 Å². The largest absolute Gasteiger partial charge is 0.139 e. The first-order valence-corrected chi connectivity index (χ1v) is 8.62. The van der Waals surface area contributed by atoms with Gasteiger partial charge in [-0.2, -0.15) is 0 Å². The van der Waals surface area contributed by atoms with E-state index in [1.807, 2.05) is 13.8 Å². The molecule has 0 atom stereocenters. The molecule has 0 aliphatic carbocycles. The van der Waals surface area contributed by atoms with Crippen LogP contribution in [0.2, 0.25) is 18.1 Å². The SMILES string of the molecule is CC[Si](C#CC#CC(C)(C)Cl)(CC)CC. The Morgan fingerprint density at radius 2 is 1.47 bits per heavy atom. The molecule has 0 aromatic rings. The Bertz CT molecular complexity index is 291. The van der Waals surface area contributed by atoms with Gasteiger partial charge in [0.2, 0.25) is 0 Å². The first kappa shape index (κ1) is 14.6. The summed E-state index contributed by atoms with van der Waals surface area (Å²) in [6.45, 7) is 10.5. The lowest BCUT2D eigenvalue weighted by atomic mass is 10.2. The van der Waals surface area contributed by atoms with Crippen molar-refractivity contribution in [2.24, 2.45) is 0 Å². The third-order valence-corrected chi connectivity index (χ3v) is 7.59. The number of rotatable bonds is 3. The minimum Gasteiger partial charge on any atom is -0.117 e. The zero-order chi connectivity index (χ0) is 11.9. The highest BCUT2D eigenvalue weighted by Gasteiger charge is 2.23. The van der Waals surface area contributed by atoms with E-state index >= 15 is 0 Å². The summed E-state index contributed by atoms with van der Waals surface area (Å²) < 4.78 is 0. The van der Waals surface area contributed by atoms with Gasteiger partial charge in [0.05, 0.1) is 0 Å². The van der Waals surface area contributed by atoms with Crippen LogP contribution in [-0.4, -0.2) is 12.9 Å². The first-order chi connectivity index (χ1) is 6.89. The zero-order valence-corrected chi connectivity index (χ0v) is 12.3. The Morgan fingerprint density at radius 1 is 1.00 bits per heavy atom. The molecule has 0 heterocycles. The summed E-state index contributed by atoms with van der Waals surface area (Å²) in [7, 11) is -1.32. The molecule has 0 bridgehead atoms. The van der Waals surface area contributed by atoms with Gasteiger partial charge in [-0.25, -0.2) is 0 Å². The molecular weight excluding hydrogens is 220 g/mol. The fourth-order valence-corrected chi connectivity index (χ4v) is 3.76. The molecule has 15 heavy (non-hydrogen) atoms. The molecule has 0 aliphatic rings. The fourth-order valence-electron chi connectivity index (χ4n) is 1.36. The molecule has 0 saturated heterocycles. The smallest absolute Gasteiger partial charge is 0.117 e. The van der Waals surface area contributed by atoms with Crippen molar-refractivity contribution in [1.29, 1.82) is 0 Å². The van der Waals surface area contributed by atoms with E-state index in [-0.39, 0.29) is 0 Å². The van der Waals surface area contributed by atoms with E-state index in [0.717, 1.165) is 0 Å². The molecule has 0 rings (SSSR count). The van der Waals surface area contributed by atoms with Gasteiger partial charge >= 0.3 is 0 Å². The second kappa shape index (κ2) is 6.26. The summed E-state index contributed by atoms with van der Waals surface area (Å²) in [4.78, 5) is -0.455. The highest BCUT2D eigenvalue weighted by Crippen LogP contribution is 2.18. The number of halogens is 1.